The monoisotopic (exact) mass is 243 g/mol. The summed E-state index contributed by atoms with van der Waals surface area (Å²) in [5.74, 6) is 5.77. The molecule has 15 heavy (non-hydrogen) atoms. The van der Waals surface area contributed by atoms with Crippen molar-refractivity contribution in [2.24, 2.45) is 0 Å². The van der Waals surface area contributed by atoms with Gasteiger partial charge in [-0.15, -0.1) is 22.9 Å². The van der Waals surface area contributed by atoms with Crippen LogP contribution in [0.15, 0.2) is 5.51 Å². The van der Waals surface area contributed by atoms with E-state index in [-0.39, 0.29) is 0 Å². The van der Waals surface area contributed by atoms with Crippen LogP contribution in [0.25, 0.3) is 0 Å². The quantitative estimate of drug-likeness (QED) is 0.465. The summed E-state index contributed by atoms with van der Waals surface area (Å²) in [5, 5.41) is 0. The van der Waals surface area contributed by atoms with E-state index in [1.165, 1.54) is 11.3 Å². The van der Waals surface area contributed by atoms with Crippen LogP contribution in [0.5, 0.6) is 0 Å². The van der Waals surface area contributed by atoms with Gasteiger partial charge in [-0.1, -0.05) is 11.8 Å². The van der Waals surface area contributed by atoms with E-state index >= 15 is 0 Å². The number of nitrogens with zero attached hydrogens (tertiary/aromatic N) is 1. The zero-order valence-electron chi connectivity index (χ0n) is 8.25. The number of carbonyl (C=O) groups excluding carboxylic acids is 1. The van der Waals surface area contributed by atoms with Crippen LogP contribution in [0.4, 0.5) is 0 Å². The molecule has 0 spiro atoms. The van der Waals surface area contributed by atoms with Gasteiger partial charge in [-0.3, -0.25) is 0 Å². The molecule has 0 saturated carbocycles. The van der Waals surface area contributed by atoms with Crippen LogP contribution in [-0.2, 0) is 4.74 Å². The first-order valence-electron chi connectivity index (χ1n) is 4.45. The molecule has 0 atom stereocenters. The van der Waals surface area contributed by atoms with Gasteiger partial charge >= 0.3 is 5.97 Å². The maximum atomic E-state index is 11.4. The van der Waals surface area contributed by atoms with Crippen LogP contribution < -0.4 is 0 Å². The summed E-state index contributed by atoms with van der Waals surface area (Å²) in [6.07, 6.45) is 0.599. The highest BCUT2D eigenvalue weighted by atomic mass is 35.5. The number of alkyl halides is 1. The van der Waals surface area contributed by atoms with E-state index in [1.54, 1.807) is 12.4 Å². The van der Waals surface area contributed by atoms with Crippen LogP contribution in [0, 0.1) is 11.8 Å². The molecular formula is C10H10ClNO2S. The first-order chi connectivity index (χ1) is 7.29. The molecule has 0 bridgehead atoms. The van der Waals surface area contributed by atoms with E-state index in [9.17, 15) is 4.79 Å². The van der Waals surface area contributed by atoms with Crippen LogP contribution in [0.1, 0.15) is 28.7 Å². The number of thiazole rings is 1. The zero-order chi connectivity index (χ0) is 11.1. The molecule has 80 valence electrons. The Balaban J connectivity index is 2.78. The minimum absolute atomic E-state index is 0.295. The molecule has 3 nitrogen and oxygen atoms in total. The first kappa shape index (κ1) is 12.0. The van der Waals surface area contributed by atoms with E-state index in [0.29, 0.717) is 29.5 Å². The third-order valence-electron chi connectivity index (χ3n) is 1.46. The molecule has 0 radical (unpaired) electrons. The van der Waals surface area contributed by atoms with Gasteiger partial charge < -0.3 is 4.74 Å². The molecule has 0 aliphatic carbocycles. The van der Waals surface area contributed by atoms with Crippen molar-refractivity contribution in [3.8, 4) is 11.8 Å². The fourth-order valence-corrected chi connectivity index (χ4v) is 1.61. The predicted octanol–water partition coefficient (Wildman–Crippen LogP) is 2.30. The third kappa shape index (κ3) is 3.54. The van der Waals surface area contributed by atoms with E-state index < -0.39 is 5.97 Å². The van der Waals surface area contributed by atoms with Crippen molar-refractivity contribution in [3.05, 3.63) is 16.1 Å². The molecule has 0 N–H and O–H groups in total. The lowest BCUT2D eigenvalue weighted by Crippen LogP contribution is -2.06. The second kappa shape index (κ2) is 6.44. The Morgan fingerprint density at radius 3 is 3.20 bits per heavy atom. The van der Waals surface area contributed by atoms with Crippen LogP contribution in [0.3, 0.4) is 0 Å². The molecule has 0 fully saturated rings. The Bertz CT molecular complexity index is 392. The number of rotatable bonds is 3. The largest absolute Gasteiger partial charge is 0.461 e. The molecule has 0 amide bonds. The average Bonchev–Trinajstić information content (AvgIpc) is 2.67. The second-order valence-corrected chi connectivity index (χ2v) is 3.72. The molecule has 1 heterocycles. The molecule has 0 aliphatic heterocycles. The molecular weight excluding hydrogens is 234 g/mol. The lowest BCUT2D eigenvalue weighted by molar-refractivity contribution is 0.0520. The Hall–Kier alpha value is -1.05. The standard InChI is InChI=1S/C10H10ClNO2S/c1-2-14-10(13)9-8(15-7-12-9)5-3-4-6-11/h7H,2,4,6H2,1H3. The summed E-state index contributed by atoms with van der Waals surface area (Å²) in [6, 6.07) is 0. The highest BCUT2D eigenvalue weighted by Gasteiger charge is 2.13. The molecule has 1 rings (SSSR count). The minimum atomic E-state index is -0.422. The van der Waals surface area contributed by atoms with Crippen molar-refractivity contribution in [2.75, 3.05) is 12.5 Å². The normalized spacial score (nSPS) is 9.20. The predicted molar refractivity (Wildman–Crippen MR) is 60.3 cm³/mol. The van der Waals surface area contributed by atoms with Gasteiger partial charge in [-0.05, 0) is 6.92 Å². The number of carbonyl (C=O) groups is 1. The molecule has 0 unspecified atom stereocenters. The van der Waals surface area contributed by atoms with Gasteiger partial charge in [-0.25, -0.2) is 9.78 Å². The Labute approximate surface area is 97.4 Å². The van der Waals surface area contributed by atoms with E-state index in [4.69, 9.17) is 16.3 Å². The maximum absolute atomic E-state index is 11.4. The zero-order valence-corrected chi connectivity index (χ0v) is 9.82. The SMILES string of the molecule is CCOC(=O)c1ncsc1C#CCCCl. The van der Waals surface area contributed by atoms with E-state index in [1.807, 2.05) is 0 Å². The van der Waals surface area contributed by atoms with Gasteiger partial charge in [0.15, 0.2) is 5.69 Å². The van der Waals surface area contributed by atoms with Crippen LogP contribution in [-0.4, -0.2) is 23.4 Å². The average molecular weight is 244 g/mol. The number of hydrogen-bond donors (Lipinski definition) is 0. The Morgan fingerprint density at radius 1 is 1.73 bits per heavy atom. The Kier molecular flexibility index (Phi) is 5.16. The first-order valence-corrected chi connectivity index (χ1v) is 5.86. The summed E-state index contributed by atoms with van der Waals surface area (Å²) < 4.78 is 4.84. The van der Waals surface area contributed by atoms with Crippen molar-refractivity contribution in [2.45, 2.75) is 13.3 Å². The van der Waals surface area contributed by atoms with Gasteiger partial charge in [-0.2, -0.15) is 0 Å². The van der Waals surface area contributed by atoms with Gasteiger partial charge in [0.25, 0.3) is 0 Å². The summed E-state index contributed by atoms with van der Waals surface area (Å²) >= 11 is 6.81. The minimum Gasteiger partial charge on any atom is -0.461 e. The topological polar surface area (TPSA) is 39.2 Å². The summed E-state index contributed by atoms with van der Waals surface area (Å²) in [6.45, 7) is 2.09. The molecule has 0 aliphatic rings. The van der Waals surface area contributed by atoms with Crippen LogP contribution >= 0.6 is 22.9 Å². The molecule has 0 saturated heterocycles. The van der Waals surface area contributed by atoms with E-state index in [2.05, 4.69) is 16.8 Å². The highest BCUT2D eigenvalue weighted by Crippen LogP contribution is 2.12. The van der Waals surface area contributed by atoms with Gasteiger partial charge in [0.05, 0.1) is 12.1 Å². The fourth-order valence-electron chi connectivity index (χ4n) is 0.870. The Morgan fingerprint density at radius 2 is 2.53 bits per heavy atom. The number of halogens is 1. The molecule has 1 aromatic heterocycles. The van der Waals surface area contributed by atoms with Gasteiger partial charge in [0.2, 0.25) is 0 Å². The van der Waals surface area contributed by atoms with Gasteiger partial charge in [0, 0.05) is 12.3 Å². The van der Waals surface area contributed by atoms with Gasteiger partial charge in [0.1, 0.15) is 4.88 Å². The lowest BCUT2D eigenvalue weighted by atomic mass is 10.3. The number of ether oxygens (including phenoxy) is 1. The van der Waals surface area contributed by atoms with Crippen molar-refractivity contribution in [1.29, 1.82) is 0 Å². The van der Waals surface area contributed by atoms with Crippen molar-refractivity contribution in [1.82, 2.24) is 4.98 Å². The number of esters is 1. The summed E-state index contributed by atoms with van der Waals surface area (Å²) in [7, 11) is 0. The third-order valence-corrected chi connectivity index (χ3v) is 2.39. The molecule has 5 heteroatoms. The lowest BCUT2D eigenvalue weighted by Gasteiger charge is -1.97. The van der Waals surface area contributed by atoms with Crippen molar-refractivity contribution >= 4 is 28.9 Å². The number of hydrogen-bond acceptors (Lipinski definition) is 4. The number of aromatic nitrogens is 1. The summed E-state index contributed by atoms with van der Waals surface area (Å²) in [5.41, 5.74) is 1.88. The van der Waals surface area contributed by atoms with Crippen molar-refractivity contribution < 1.29 is 9.53 Å². The molecule has 1 aromatic rings. The molecule has 0 aromatic carbocycles. The van der Waals surface area contributed by atoms with E-state index in [0.717, 1.165) is 0 Å². The fraction of sp³-hybridized carbons (Fsp3) is 0.400. The summed E-state index contributed by atoms with van der Waals surface area (Å²) in [4.78, 5) is 15.9. The smallest absolute Gasteiger partial charge is 0.359 e. The second-order valence-electron chi connectivity index (χ2n) is 2.49. The maximum Gasteiger partial charge on any atom is 0.359 e. The highest BCUT2D eigenvalue weighted by molar-refractivity contribution is 7.10. The van der Waals surface area contributed by atoms with Crippen LogP contribution in [0.2, 0.25) is 0 Å². The van der Waals surface area contributed by atoms with Crippen molar-refractivity contribution in [3.63, 3.8) is 0 Å².